The second-order valence-corrected chi connectivity index (χ2v) is 6.61. The smallest absolute Gasteiger partial charge is 0.124 e. The molecule has 25 heavy (non-hydrogen) atoms. The second-order valence-electron chi connectivity index (χ2n) is 6.61. The highest BCUT2D eigenvalue weighted by molar-refractivity contribution is 5.87. The van der Waals surface area contributed by atoms with Crippen molar-refractivity contribution in [3.05, 3.63) is 77.9 Å². The topological polar surface area (TPSA) is 21.3 Å². The van der Waals surface area contributed by atoms with E-state index in [9.17, 15) is 0 Å². The molecule has 0 heterocycles. The zero-order chi connectivity index (χ0) is 17.6. The van der Waals surface area contributed by atoms with Gasteiger partial charge < -0.3 is 10.1 Å². The van der Waals surface area contributed by atoms with Crippen molar-refractivity contribution < 1.29 is 4.74 Å². The molecule has 0 aromatic heterocycles. The Morgan fingerprint density at radius 1 is 0.880 bits per heavy atom. The molecule has 0 aliphatic rings. The maximum atomic E-state index is 6.20. The lowest BCUT2D eigenvalue weighted by Gasteiger charge is -2.20. The van der Waals surface area contributed by atoms with Crippen molar-refractivity contribution in [2.75, 3.05) is 0 Å². The zero-order valence-electron chi connectivity index (χ0n) is 15.3. The van der Waals surface area contributed by atoms with Gasteiger partial charge in [-0.2, -0.15) is 0 Å². The molecule has 0 aliphatic heterocycles. The summed E-state index contributed by atoms with van der Waals surface area (Å²) in [6.07, 6.45) is 1.21. The van der Waals surface area contributed by atoms with E-state index in [1.54, 1.807) is 0 Å². The van der Waals surface area contributed by atoms with Crippen LogP contribution in [0.5, 0.6) is 5.75 Å². The van der Waals surface area contributed by atoms with E-state index in [1.807, 2.05) is 0 Å². The van der Waals surface area contributed by atoms with E-state index in [1.165, 1.54) is 21.9 Å². The number of hydrogen-bond acceptors (Lipinski definition) is 2. The van der Waals surface area contributed by atoms with Gasteiger partial charge in [0.1, 0.15) is 5.75 Å². The minimum absolute atomic E-state index is 0.214. The van der Waals surface area contributed by atoms with Gasteiger partial charge in [-0.15, -0.1) is 0 Å². The van der Waals surface area contributed by atoms with Gasteiger partial charge in [-0.25, -0.2) is 0 Å². The lowest BCUT2D eigenvalue weighted by Crippen LogP contribution is -2.20. The van der Waals surface area contributed by atoms with Crippen LogP contribution in [0, 0.1) is 0 Å². The molecule has 0 aliphatic carbocycles. The van der Waals surface area contributed by atoms with Crippen LogP contribution in [0.25, 0.3) is 10.8 Å². The van der Waals surface area contributed by atoms with Gasteiger partial charge in [0.25, 0.3) is 0 Å². The van der Waals surface area contributed by atoms with Crippen molar-refractivity contribution in [2.24, 2.45) is 0 Å². The van der Waals surface area contributed by atoms with Crippen LogP contribution in [0.3, 0.4) is 0 Å². The molecular formula is C23H27NO. The zero-order valence-corrected chi connectivity index (χ0v) is 15.3. The number of hydrogen-bond donors (Lipinski definition) is 1. The van der Waals surface area contributed by atoms with Gasteiger partial charge >= 0.3 is 0 Å². The molecule has 0 saturated heterocycles. The number of benzene rings is 3. The molecule has 1 N–H and O–H groups in total. The highest BCUT2D eigenvalue weighted by Crippen LogP contribution is 2.30. The summed E-state index contributed by atoms with van der Waals surface area (Å²) in [6.45, 7) is 7.26. The third kappa shape index (κ3) is 4.21. The van der Waals surface area contributed by atoms with Crippen molar-refractivity contribution in [3.63, 3.8) is 0 Å². The molecule has 0 fully saturated rings. The molecular weight excluding hydrogens is 306 g/mol. The van der Waals surface area contributed by atoms with Gasteiger partial charge in [-0.05, 0) is 42.7 Å². The van der Waals surface area contributed by atoms with Crippen LogP contribution in [0.4, 0.5) is 0 Å². The van der Waals surface area contributed by atoms with Crippen LogP contribution < -0.4 is 10.1 Å². The fourth-order valence-corrected chi connectivity index (χ4v) is 3.02. The molecule has 130 valence electrons. The third-order valence-corrected chi connectivity index (χ3v) is 4.79. The third-order valence-electron chi connectivity index (χ3n) is 4.79. The van der Waals surface area contributed by atoms with E-state index in [0.29, 0.717) is 0 Å². The van der Waals surface area contributed by atoms with Crippen molar-refractivity contribution in [2.45, 2.75) is 45.9 Å². The molecule has 0 bridgehead atoms. The average Bonchev–Trinajstić information content (AvgIpc) is 2.67. The Kier molecular flexibility index (Phi) is 5.72. The Labute approximate surface area is 150 Å². The van der Waals surface area contributed by atoms with Crippen LogP contribution in [0.2, 0.25) is 0 Å². The fraction of sp³-hybridized carbons (Fsp3) is 0.304. The number of rotatable bonds is 7. The van der Waals surface area contributed by atoms with Crippen molar-refractivity contribution in [1.29, 1.82) is 0 Å². The summed E-state index contributed by atoms with van der Waals surface area (Å²) < 4.78 is 6.20. The Balaban J connectivity index is 1.88. The number of ether oxygens (including phenoxy) is 1. The summed E-state index contributed by atoms with van der Waals surface area (Å²) in [7, 11) is 0. The van der Waals surface area contributed by atoms with Gasteiger partial charge in [0, 0.05) is 18.2 Å². The second kappa shape index (κ2) is 8.17. The minimum atomic E-state index is 0.214. The molecule has 0 spiro atoms. The largest absolute Gasteiger partial charge is 0.490 e. The fourth-order valence-electron chi connectivity index (χ4n) is 3.02. The van der Waals surface area contributed by atoms with Crippen LogP contribution >= 0.6 is 0 Å². The summed E-state index contributed by atoms with van der Waals surface area (Å²) >= 11 is 0. The van der Waals surface area contributed by atoms with Crippen molar-refractivity contribution in [3.8, 4) is 5.75 Å². The predicted molar refractivity (Wildman–Crippen MR) is 106 cm³/mol. The maximum Gasteiger partial charge on any atom is 0.124 e. The van der Waals surface area contributed by atoms with Gasteiger partial charge in [0.15, 0.2) is 0 Å². The van der Waals surface area contributed by atoms with Crippen molar-refractivity contribution >= 4 is 10.8 Å². The maximum absolute atomic E-state index is 6.20. The molecule has 0 amide bonds. The van der Waals surface area contributed by atoms with E-state index in [2.05, 4.69) is 92.8 Å². The van der Waals surface area contributed by atoms with Crippen molar-refractivity contribution in [1.82, 2.24) is 5.32 Å². The lowest BCUT2D eigenvalue weighted by molar-refractivity contribution is 0.215. The highest BCUT2D eigenvalue weighted by Gasteiger charge is 2.13. The van der Waals surface area contributed by atoms with Gasteiger partial charge in [-0.1, -0.05) is 67.6 Å². The minimum Gasteiger partial charge on any atom is -0.490 e. The van der Waals surface area contributed by atoms with Gasteiger partial charge in [-0.3, -0.25) is 0 Å². The molecule has 2 heteroatoms. The summed E-state index contributed by atoms with van der Waals surface area (Å²) in [5.41, 5.74) is 2.54. The van der Waals surface area contributed by atoms with Crippen LogP contribution in [-0.4, -0.2) is 6.10 Å². The molecule has 3 aromatic rings. The molecule has 0 saturated carbocycles. The Morgan fingerprint density at radius 3 is 2.36 bits per heavy atom. The number of nitrogens with one attached hydrogen (secondary N) is 1. The first kappa shape index (κ1) is 17.5. The van der Waals surface area contributed by atoms with E-state index in [-0.39, 0.29) is 12.1 Å². The first-order valence-corrected chi connectivity index (χ1v) is 9.14. The molecule has 3 aromatic carbocycles. The van der Waals surface area contributed by atoms with E-state index < -0.39 is 0 Å². The quantitative estimate of drug-likeness (QED) is 0.584. The molecule has 0 radical (unpaired) electrons. The average molecular weight is 333 g/mol. The standard InChI is InChI=1S/C23H27NO/c1-4-17(2)25-23-15-14-20-12-8-9-13-21(20)22(23)16-24-18(3)19-10-6-5-7-11-19/h5-15,17-18,24H,4,16H2,1-3H3. The normalized spacial score (nSPS) is 13.6. The predicted octanol–water partition coefficient (Wildman–Crippen LogP) is 5.87. The van der Waals surface area contributed by atoms with Crippen LogP contribution in [0.15, 0.2) is 66.7 Å². The van der Waals surface area contributed by atoms with Crippen LogP contribution in [-0.2, 0) is 6.54 Å². The molecule has 2 nitrogen and oxygen atoms in total. The molecule has 2 unspecified atom stereocenters. The van der Waals surface area contributed by atoms with Gasteiger partial charge in [0.05, 0.1) is 6.10 Å². The summed E-state index contributed by atoms with van der Waals surface area (Å²) in [5.74, 6) is 0.987. The molecule has 3 rings (SSSR count). The monoisotopic (exact) mass is 333 g/mol. The highest BCUT2D eigenvalue weighted by atomic mass is 16.5. The molecule has 2 atom stereocenters. The Hall–Kier alpha value is -2.32. The van der Waals surface area contributed by atoms with Crippen LogP contribution in [0.1, 0.15) is 44.4 Å². The summed E-state index contributed by atoms with van der Waals surface area (Å²) in [6, 6.07) is 23.6. The first-order chi connectivity index (χ1) is 12.2. The van der Waals surface area contributed by atoms with E-state index in [0.717, 1.165) is 18.7 Å². The Bertz CT molecular complexity index is 813. The first-order valence-electron chi connectivity index (χ1n) is 9.14. The number of fused-ring (bicyclic) bond motifs is 1. The summed E-state index contributed by atoms with van der Waals surface area (Å²) in [4.78, 5) is 0. The lowest BCUT2D eigenvalue weighted by atomic mass is 10.0. The SMILES string of the molecule is CCC(C)Oc1ccc2ccccc2c1CNC(C)c1ccccc1. The van der Waals surface area contributed by atoms with E-state index >= 15 is 0 Å². The summed E-state index contributed by atoms with van der Waals surface area (Å²) in [5, 5.41) is 6.17. The Morgan fingerprint density at radius 2 is 1.60 bits per heavy atom. The van der Waals surface area contributed by atoms with Gasteiger partial charge in [0.2, 0.25) is 0 Å². The van der Waals surface area contributed by atoms with E-state index in [4.69, 9.17) is 4.74 Å².